The minimum absolute atomic E-state index is 0.233. The van der Waals surface area contributed by atoms with E-state index in [1.165, 1.54) is 0 Å². The largest absolute Gasteiger partial charge is 0.377 e. The Bertz CT molecular complexity index is 933. The van der Waals surface area contributed by atoms with Crippen molar-refractivity contribution in [3.05, 3.63) is 71.3 Å². The fourth-order valence-corrected chi connectivity index (χ4v) is 4.05. The van der Waals surface area contributed by atoms with Crippen molar-refractivity contribution < 1.29 is 28.6 Å². The molecule has 0 radical (unpaired) electrons. The molecule has 0 unspecified atom stereocenters. The Morgan fingerprint density at radius 3 is 1.76 bits per heavy atom. The van der Waals surface area contributed by atoms with Crippen LogP contribution in [0.5, 0.6) is 0 Å². The molecule has 2 aromatic rings. The molecule has 0 spiro atoms. The topological polar surface area (TPSA) is 85.4 Å². The van der Waals surface area contributed by atoms with Crippen molar-refractivity contribution in [2.45, 2.75) is 12.5 Å². The van der Waals surface area contributed by atoms with Crippen LogP contribution in [0.25, 0.3) is 0 Å². The molecule has 0 N–H and O–H groups in total. The van der Waals surface area contributed by atoms with Gasteiger partial charge in [-0.25, -0.2) is 0 Å². The van der Waals surface area contributed by atoms with Crippen molar-refractivity contribution in [3.8, 4) is 0 Å². The summed E-state index contributed by atoms with van der Waals surface area (Å²) in [5.41, 5.74) is 1.52. The van der Waals surface area contributed by atoms with Crippen LogP contribution in [0.4, 0.5) is 0 Å². The molecule has 1 saturated heterocycles. The van der Waals surface area contributed by atoms with Gasteiger partial charge in [-0.3, -0.25) is 19.3 Å². The van der Waals surface area contributed by atoms with E-state index in [1.807, 2.05) is 30.3 Å². The Morgan fingerprint density at radius 1 is 0.727 bits per heavy atom. The molecule has 1 atom stereocenters. The second kappa shape index (κ2) is 11.2. The van der Waals surface area contributed by atoms with Gasteiger partial charge >= 0.3 is 0 Å². The van der Waals surface area contributed by atoms with Crippen LogP contribution in [0.1, 0.15) is 26.3 Å². The first-order valence-electron chi connectivity index (χ1n) is 11.2. The number of carbonyl (C=O) groups is 3. The van der Waals surface area contributed by atoms with E-state index in [0.29, 0.717) is 63.9 Å². The molecule has 174 valence electrons. The molecule has 8 nitrogen and oxygen atoms in total. The highest BCUT2D eigenvalue weighted by Crippen LogP contribution is 2.27. The number of nitrogens with zero attached hydrogens (tertiary/aromatic N) is 2. The predicted molar refractivity (Wildman–Crippen MR) is 120 cm³/mol. The van der Waals surface area contributed by atoms with Crippen molar-refractivity contribution in [1.29, 1.82) is 0 Å². The molecule has 0 aliphatic carbocycles. The van der Waals surface area contributed by atoms with Crippen LogP contribution in [0, 0.1) is 0 Å². The minimum Gasteiger partial charge on any atom is -0.377 e. The highest BCUT2D eigenvalue weighted by Gasteiger charge is 2.43. The van der Waals surface area contributed by atoms with Gasteiger partial charge in [0, 0.05) is 19.5 Å². The normalized spacial score (nSPS) is 18.9. The lowest BCUT2D eigenvalue weighted by atomic mass is 10.0. The Hall–Kier alpha value is -3.07. The fourth-order valence-electron chi connectivity index (χ4n) is 4.05. The van der Waals surface area contributed by atoms with E-state index in [2.05, 4.69) is 0 Å². The van der Waals surface area contributed by atoms with Crippen molar-refractivity contribution >= 4 is 17.7 Å². The van der Waals surface area contributed by atoms with Crippen molar-refractivity contribution in [1.82, 2.24) is 9.80 Å². The van der Waals surface area contributed by atoms with Gasteiger partial charge in [0.1, 0.15) is 6.04 Å². The second-order valence-electron chi connectivity index (χ2n) is 7.89. The van der Waals surface area contributed by atoms with Crippen LogP contribution in [0.15, 0.2) is 54.6 Å². The molecule has 4 rings (SSSR count). The zero-order valence-corrected chi connectivity index (χ0v) is 18.5. The second-order valence-corrected chi connectivity index (χ2v) is 7.89. The zero-order valence-electron chi connectivity index (χ0n) is 18.5. The van der Waals surface area contributed by atoms with E-state index in [1.54, 1.807) is 29.2 Å². The Morgan fingerprint density at radius 2 is 1.21 bits per heavy atom. The summed E-state index contributed by atoms with van der Waals surface area (Å²) in [5.74, 6) is -1.18. The number of amides is 3. The quantitative estimate of drug-likeness (QED) is 0.658. The summed E-state index contributed by atoms with van der Waals surface area (Å²) < 4.78 is 16.6. The lowest BCUT2D eigenvalue weighted by molar-refractivity contribution is -0.137. The van der Waals surface area contributed by atoms with E-state index in [4.69, 9.17) is 14.2 Å². The number of carbonyl (C=O) groups excluding carboxylic acids is 3. The fraction of sp³-hybridized carbons (Fsp3) is 0.400. The molecular formula is C25H28N2O6. The van der Waals surface area contributed by atoms with Gasteiger partial charge in [-0.1, -0.05) is 42.5 Å². The first-order valence-corrected chi connectivity index (χ1v) is 11.2. The van der Waals surface area contributed by atoms with E-state index in [-0.39, 0.29) is 12.3 Å². The first kappa shape index (κ1) is 23.1. The van der Waals surface area contributed by atoms with Gasteiger partial charge < -0.3 is 19.1 Å². The third-order valence-corrected chi connectivity index (χ3v) is 5.76. The molecule has 0 bridgehead atoms. The molecule has 2 heterocycles. The highest BCUT2D eigenvalue weighted by atomic mass is 16.5. The van der Waals surface area contributed by atoms with Gasteiger partial charge in [-0.05, 0) is 17.7 Å². The molecule has 2 aromatic carbocycles. The number of hydrogen-bond acceptors (Lipinski definition) is 6. The van der Waals surface area contributed by atoms with Crippen LogP contribution < -0.4 is 0 Å². The summed E-state index contributed by atoms with van der Waals surface area (Å²) in [6.07, 6.45) is 0.233. The molecule has 3 amide bonds. The Kier molecular flexibility index (Phi) is 7.83. The highest BCUT2D eigenvalue weighted by molar-refractivity contribution is 6.22. The van der Waals surface area contributed by atoms with Gasteiger partial charge in [0.15, 0.2) is 0 Å². The predicted octanol–water partition coefficient (Wildman–Crippen LogP) is 1.79. The summed E-state index contributed by atoms with van der Waals surface area (Å²) in [6, 6.07) is 15.1. The molecule has 0 saturated carbocycles. The smallest absolute Gasteiger partial charge is 0.262 e. The lowest BCUT2D eigenvalue weighted by Crippen LogP contribution is -2.53. The number of hydrogen-bond donors (Lipinski definition) is 0. The maximum Gasteiger partial charge on any atom is 0.262 e. The van der Waals surface area contributed by atoms with Crippen molar-refractivity contribution in [3.63, 3.8) is 0 Å². The standard InChI is InChI=1S/C25H28N2O6/c28-23-20-8-4-5-9-21(20)24(29)27(23)22(18-19-6-2-1-3-7-19)25(30)26-10-12-31-14-16-33-17-15-32-13-11-26/h1-9,22H,10-18H2/t22-/m0/s1. The lowest BCUT2D eigenvalue weighted by Gasteiger charge is -2.32. The molecule has 2 aliphatic heterocycles. The first-order chi connectivity index (χ1) is 16.2. The SMILES string of the molecule is O=C([C@H](Cc1ccccc1)N1C(=O)c2ccccc2C1=O)N1CCOCCOCCOCC1. The molecule has 8 heteroatoms. The Balaban J connectivity index is 1.60. The number of ether oxygens (including phenoxy) is 3. The summed E-state index contributed by atoms with van der Waals surface area (Å²) >= 11 is 0. The third-order valence-electron chi connectivity index (χ3n) is 5.76. The van der Waals surface area contributed by atoms with Crippen LogP contribution in [-0.2, 0) is 25.4 Å². The minimum atomic E-state index is -0.962. The summed E-state index contributed by atoms with van der Waals surface area (Å²) in [6.45, 7) is 3.09. The van der Waals surface area contributed by atoms with E-state index in [0.717, 1.165) is 10.5 Å². The van der Waals surface area contributed by atoms with Gasteiger partial charge in [0.05, 0.1) is 50.8 Å². The van der Waals surface area contributed by atoms with E-state index >= 15 is 0 Å². The number of imide groups is 1. The van der Waals surface area contributed by atoms with Gasteiger partial charge in [-0.15, -0.1) is 0 Å². The van der Waals surface area contributed by atoms with Crippen LogP contribution in [0.3, 0.4) is 0 Å². The van der Waals surface area contributed by atoms with Crippen LogP contribution in [-0.4, -0.2) is 86.3 Å². The maximum atomic E-state index is 13.8. The van der Waals surface area contributed by atoms with E-state index in [9.17, 15) is 14.4 Å². The van der Waals surface area contributed by atoms with Gasteiger partial charge in [0.25, 0.3) is 11.8 Å². The van der Waals surface area contributed by atoms with Crippen LogP contribution in [0.2, 0.25) is 0 Å². The van der Waals surface area contributed by atoms with Gasteiger partial charge in [0.2, 0.25) is 5.91 Å². The zero-order chi connectivity index (χ0) is 23.0. The molecule has 0 aromatic heterocycles. The molecule has 1 fully saturated rings. The average Bonchev–Trinajstić information content (AvgIpc) is 3.08. The maximum absolute atomic E-state index is 13.8. The average molecular weight is 453 g/mol. The number of rotatable bonds is 4. The van der Waals surface area contributed by atoms with Gasteiger partial charge in [-0.2, -0.15) is 0 Å². The van der Waals surface area contributed by atoms with Crippen molar-refractivity contribution in [2.75, 3.05) is 52.7 Å². The summed E-state index contributed by atoms with van der Waals surface area (Å²) in [5, 5.41) is 0. The summed E-state index contributed by atoms with van der Waals surface area (Å²) in [4.78, 5) is 42.9. The molecule has 33 heavy (non-hydrogen) atoms. The van der Waals surface area contributed by atoms with E-state index < -0.39 is 17.9 Å². The number of benzene rings is 2. The van der Waals surface area contributed by atoms with Crippen molar-refractivity contribution in [2.24, 2.45) is 0 Å². The van der Waals surface area contributed by atoms with Crippen LogP contribution >= 0.6 is 0 Å². The molecular weight excluding hydrogens is 424 g/mol. The number of fused-ring (bicyclic) bond motifs is 1. The molecule has 2 aliphatic rings. The summed E-state index contributed by atoms with van der Waals surface area (Å²) in [7, 11) is 0. The third kappa shape index (κ3) is 5.47. The Labute approximate surface area is 193 Å². The monoisotopic (exact) mass is 452 g/mol.